The fourth-order valence-electron chi connectivity index (χ4n) is 3.74. The topological polar surface area (TPSA) is 75.7 Å². The van der Waals surface area contributed by atoms with Gasteiger partial charge in [0.15, 0.2) is 0 Å². The number of hydrogen-bond acceptors (Lipinski definition) is 4. The van der Waals surface area contributed by atoms with E-state index in [2.05, 4.69) is 89.9 Å². The van der Waals surface area contributed by atoms with E-state index in [0.717, 1.165) is 51.0 Å². The second kappa shape index (κ2) is 22.8. The molecule has 0 atom stereocenters. The third-order valence-corrected chi connectivity index (χ3v) is 5.89. The van der Waals surface area contributed by atoms with Gasteiger partial charge in [-0.3, -0.25) is 9.59 Å². The Morgan fingerprint density at radius 3 is 1.68 bits per heavy atom. The van der Waals surface area contributed by atoms with Crippen molar-refractivity contribution in [3.05, 3.63) is 85.1 Å². The van der Waals surface area contributed by atoms with Crippen LogP contribution < -0.4 is 5.32 Å². The predicted molar refractivity (Wildman–Crippen MR) is 156 cm³/mol. The van der Waals surface area contributed by atoms with Gasteiger partial charge in [0, 0.05) is 37.7 Å². The molecule has 2 amide bonds. The predicted octanol–water partition coefficient (Wildman–Crippen LogP) is 6.30. The van der Waals surface area contributed by atoms with Crippen LogP contribution in [0.2, 0.25) is 0 Å². The highest BCUT2D eigenvalue weighted by molar-refractivity contribution is 5.94. The van der Waals surface area contributed by atoms with Crippen LogP contribution in [0.15, 0.2) is 85.1 Å². The molecule has 1 rings (SSSR count). The average molecular weight is 523 g/mol. The van der Waals surface area contributed by atoms with Gasteiger partial charge in [-0.25, -0.2) is 4.79 Å². The molecule has 0 bridgehead atoms. The van der Waals surface area contributed by atoms with Gasteiger partial charge in [0.1, 0.15) is 0 Å². The summed E-state index contributed by atoms with van der Waals surface area (Å²) in [6.07, 6.45) is 36.9. The Labute approximate surface area is 229 Å². The number of nitrogens with zero attached hydrogens (tertiary/aromatic N) is 1. The van der Waals surface area contributed by atoms with Crippen molar-refractivity contribution in [1.82, 2.24) is 10.2 Å². The molecule has 0 radical (unpaired) electrons. The largest absolute Gasteiger partial charge is 0.466 e. The molecule has 1 aliphatic rings. The minimum Gasteiger partial charge on any atom is -0.466 e. The first-order chi connectivity index (χ1) is 18.6. The van der Waals surface area contributed by atoms with Crippen LogP contribution in [0.3, 0.4) is 0 Å². The number of nitrogens with one attached hydrogen (secondary N) is 1. The van der Waals surface area contributed by atoms with Gasteiger partial charge in [-0.2, -0.15) is 0 Å². The minimum absolute atomic E-state index is 0.0113. The summed E-state index contributed by atoms with van der Waals surface area (Å²) >= 11 is 0. The van der Waals surface area contributed by atoms with E-state index < -0.39 is 5.97 Å². The van der Waals surface area contributed by atoms with Crippen molar-refractivity contribution in [3.8, 4) is 0 Å². The molecule has 1 fully saturated rings. The highest BCUT2D eigenvalue weighted by Gasteiger charge is 2.22. The van der Waals surface area contributed by atoms with Crippen LogP contribution in [0, 0.1) is 0 Å². The summed E-state index contributed by atoms with van der Waals surface area (Å²) in [7, 11) is 1.26. The Morgan fingerprint density at radius 2 is 1.21 bits per heavy atom. The van der Waals surface area contributed by atoms with Crippen molar-refractivity contribution in [2.75, 3.05) is 20.2 Å². The van der Waals surface area contributed by atoms with Gasteiger partial charge in [-0.1, -0.05) is 79.8 Å². The minimum atomic E-state index is -0.563. The fourth-order valence-corrected chi connectivity index (χ4v) is 3.74. The maximum Gasteiger partial charge on any atom is 0.330 e. The number of esters is 1. The van der Waals surface area contributed by atoms with Gasteiger partial charge in [-0.05, 0) is 57.8 Å². The van der Waals surface area contributed by atoms with Crippen LogP contribution in [0.4, 0.5) is 0 Å². The van der Waals surface area contributed by atoms with Crippen LogP contribution in [-0.4, -0.2) is 48.9 Å². The van der Waals surface area contributed by atoms with E-state index in [1.54, 1.807) is 0 Å². The number of amides is 2. The van der Waals surface area contributed by atoms with Crippen LogP contribution in [-0.2, 0) is 19.1 Å². The van der Waals surface area contributed by atoms with Gasteiger partial charge in [-0.15, -0.1) is 0 Å². The second-order valence-corrected chi connectivity index (χ2v) is 8.97. The summed E-state index contributed by atoms with van der Waals surface area (Å²) in [4.78, 5) is 37.2. The zero-order valence-corrected chi connectivity index (χ0v) is 23.2. The first-order valence-corrected chi connectivity index (χ1v) is 13.8. The van der Waals surface area contributed by atoms with Crippen LogP contribution in [0.1, 0.15) is 71.1 Å². The first-order valence-electron chi connectivity index (χ1n) is 13.8. The van der Waals surface area contributed by atoms with E-state index in [1.807, 2.05) is 4.90 Å². The number of ether oxygens (including phenoxy) is 1. The Kier molecular flexibility index (Phi) is 19.5. The maximum absolute atomic E-state index is 12.4. The van der Waals surface area contributed by atoms with E-state index >= 15 is 0 Å². The summed E-state index contributed by atoms with van der Waals surface area (Å²) in [5.74, 6) is -0.731. The number of piperidine rings is 1. The third-order valence-electron chi connectivity index (χ3n) is 5.89. The van der Waals surface area contributed by atoms with E-state index in [4.69, 9.17) is 0 Å². The lowest BCUT2D eigenvalue weighted by Gasteiger charge is -2.32. The molecule has 0 unspecified atom stereocenters. The van der Waals surface area contributed by atoms with Crippen molar-refractivity contribution < 1.29 is 19.1 Å². The Balaban J connectivity index is 2.07. The lowest BCUT2D eigenvalue weighted by atomic mass is 10.0. The normalized spacial score (nSPS) is 15.5. The number of carbonyl (C=O) groups is 3. The summed E-state index contributed by atoms with van der Waals surface area (Å²) in [5.41, 5.74) is 0. The molecule has 6 heteroatoms. The molecule has 38 heavy (non-hydrogen) atoms. The van der Waals surface area contributed by atoms with Crippen molar-refractivity contribution in [2.24, 2.45) is 0 Å². The van der Waals surface area contributed by atoms with Gasteiger partial charge >= 0.3 is 5.97 Å². The Bertz CT molecular complexity index is 885. The van der Waals surface area contributed by atoms with E-state index in [9.17, 15) is 14.4 Å². The number of rotatable bonds is 17. The van der Waals surface area contributed by atoms with Gasteiger partial charge < -0.3 is 15.0 Å². The molecule has 0 saturated carbocycles. The standard InChI is InChI=1S/C32H46N2O4/c1-3-4-5-6-7-8-9-10-11-12-13-14-15-16-17-18-19-20-21-22-31(36)34-27-25-29(26-28-34)33-30(35)23-24-32(37)38-2/h4-5,7-8,10-11,13-14,16-17,19-20,23-24,29H,3,6,9,12,15,18,21-22,25-28H2,1-2H3,(H,33,35). The molecule has 0 aromatic heterocycles. The van der Waals surface area contributed by atoms with Crippen LogP contribution in [0.25, 0.3) is 0 Å². The van der Waals surface area contributed by atoms with E-state index in [0.29, 0.717) is 32.4 Å². The molecule has 1 heterocycles. The Morgan fingerprint density at radius 1 is 0.737 bits per heavy atom. The average Bonchev–Trinajstić information content (AvgIpc) is 2.93. The monoisotopic (exact) mass is 522 g/mol. The molecular formula is C32H46N2O4. The van der Waals surface area contributed by atoms with Crippen molar-refractivity contribution in [2.45, 2.75) is 77.2 Å². The molecule has 208 valence electrons. The van der Waals surface area contributed by atoms with Crippen molar-refractivity contribution in [1.29, 1.82) is 0 Å². The van der Waals surface area contributed by atoms with Crippen LogP contribution >= 0.6 is 0 Å². The van der Waals surface area contributed by atoms with Gasteiger partial charge in [0.2, 0.25) is 11.8 Å². The first kappa shape index (κ1) is 32.6. The highest BCUT2D eigenvalue weighted by atomic mass is 16.5. The third kappa shape index (κ3) is 17.9. The highest BCUT2D eigenvalue weighted by Crippen LogP contribution is 2.12. The Hall–Kier alpha value is -3.41. The number of methoxy groups -OCH3 is 1. The van der Waals surface area contributed by atoms with Gasteiger partial charge in [0.05, 0.1) is 7.11 Å². The molecule has 1 aliphatic heterocycles. The molecule has 1 N–H and O–H groups in total. The zero-order chi connectivity index (χ0) is 27.7. The van der Waals surface area contributed by atoms with Crippen LogP contribution in [0.5, 0.6) is 0 Å². The summed E-state index contributed by atoms with van der Waals surface area (Å²) in [5, 5.41) is 2.86. The molecule has 1 saturated heterocycles. The maximum atomic E-state index is 12.4. The second-order valence-electron chi connectivity index (χ2n) is 8.97. The molecular weight excluding hydrogens is 476 g/mol. The number of carbonyl (C=O) groups excluding carboxylic acids is 3. The lowest BCUT2D eigenvalue weighted by molar-refractivity contribution is -0.135. The molecule has 0 spiro atoms. The zero-order valence-electron chi connectivity index (χ0n) is 23.2. The van der Waals surface area contributed by atoms with Gasteiger partial charge in [0.25, 0.3) is 0 Å². The summed E-state index contributed by atoms with van der Waals surface area (Å²) in [6, 6.07) is 0.0113. The quantitative estimate of drug-likeness (QED) is 0.138. The SMILES string of the molecule is CCC=CCC=CCC=CCC=CCC=CCC=CCCC(=O)N1CCC(NC(=O)C=CC(=O)OC)CC1. The fraction of sp³-hybridized carbons (Fsp3) is 0.469. The lowest BCUT2D eigenvalue weighted by Crippen LogP contribution is -2.46. The van der Waals surface area contributed by atoms with E-state index in [-0.39, 0.29) is 17.9 Å². The van der Waals surface area contributed by atoms with Crippen molar-refractivity contribution in [3.63, 3.8) is 0 Å². The summed E-state index contributed by atoms with van der Waals surface area (Å²) in [6.45, 7) is 3.41. The smallest absolute Gasteiger partial charge is 0.330 e. The molecule has 0 aromatic rings. The number of likely N-dealkylation sites (tertiary alicyclic amines) is 1. The number of hydrogen-bond donors (Lipinski definition) is 1. The molecule has 6 nitrogen and oxygen atoms in total. The number of allylic oxidation sites excluding steroid dienone is 12. The van der Waals surface area contributed by atoms with E-state index in [1.165, 1.54) is 13.2 Å². The van der Waals surface area contributed by atoms with Crippen molar-refractivity contribution >= 4 is 17.8 Å². The molecule has 0 aromatic carbocycles. The summed E-state index contributed by atoms with van der Waals surface area (Å²) < 4.78 is 4.47. The molecule has 0 aliphatic carbocycles.